The van der Waals surface area contributed by atoms with Gasteiger partial charge >= 0.3 is 5.97 Å². The van der Waals surface area contributed by atoms with E-state index in [1.54, 1.807) is 6.20 Å². The summed E-state index contributed by atoms with van der Waals surface area (Å²) in [5.41, 5.74) is 7.09. The summed E-state index contributed by atoms with van der Waals surface area (Å²) < 4.78 is 4.56. The van der Waals surface area contributed by atoms with Gasteiger partial charge in [0.15, 0.2) is 0 Å². The summed E-state index contributed by atoms with van der Waals surface area (Å²) in [5, 5.41) is 2.70. The van der Waals surface area contributed by atoms with Crippen LogP contribution in [0.15, 0.2) is 18.5 Å². The van der Waals surface area contributed by atoms with Crippen LogP contribution < -0.4 is 11.1 Å². The highest BCUT2D eigenvalue weighted by atomic mass is 16.5. The number of nitrogens with zero attached hydrogens (tertiary/aromatic N) is 2. The van der Waals surface area contributed by atoms with E-state index in [2.05, 4.69) is 15.0 Å². The molecular weight excluding hydrogens is 372 g/mol. The molecule has 8 heteroatoms. The summed E-state index contributed by atoms with van der Waals surface area (Å²) in [5.74, 6) is -0.204. The van der Waals surface area contributed by atoms with Crippen LogP contribution in [0.1, 0.15) is 54.4 Å². The standard InChI is InChI=1S/C21H30N4O4/c1-29-18(26)4-8-24-19(27)17-11-16(12-23-13-17)10-15-5-9-25(14-15)20(28)21(22)6-2-3-7-21/h11-13,15H,2-10,14,22H2,1H3,(H,24,27). The summed E-state index contributed by atoms with van der Waals surface area (Å²) in [4.78, 5) is 42.3. The van der Waals surface area contributed by atoms with Crippen LogP contribution in [-0.4, -0.2) is 60.0 Å². The van der Waals surface area contributed by atoms with Gasteiger partial charge in [-0.2, -0.15) is 0 Å². The molecule has 1 saturated heterocycles. The van der Waals surface area contributed by atoms with Crippen molar-refractivity contribution < 1.29 is 19.1 Å². The number of amides is 2. The molecule has 1 unspecified atom stereocenters. The largest absolute Gasteiger partial charge is 0.469 e. The van der Waals surface area contributed by atoms with Crippen LogP contribution in [0, 0.1) is 5.92 Å². The number of carbonyl (C=O) groups excluding carboxylic acids is 3. The van der Waals surface area contributed by atoms with Crippen molar-refractivity contribution in [1.29, 1.82) is 0 Å². The number of likely N-dealkylation sites (tertiary alicyclic amines) is 1. The first kappa shape index (κ1) is 21.2. The fourth-order valence-electron chi connectivity index (χ4n) is 4.26. The lowest BCUT2D eigenvalue weighted by Gasteiger charge is -2.28. The molecule has 0 bridgehead atoms. The number of carbonyl (C=O) groups is 3. The van der Waals surface area contributed by atoms with Gasteiger partial charge in [0.1, 0.15) is 0 Å². The fourth-order valence-corrected chi connectivity index (χ4v) is 4.26. The molecule has 0 radical (unpaired) electrons. The SMILES string of the molecule is COC(=O)CCNC(=O)c1cncc(CC2CCN(C(=O)C3(N)CCCC3)C2)c1. The van der Waals surface area contributed by atoms with Gasteiger partial charge in [0.05, 0.1) is 24.6 Å². The highest BCUT2D eigenvalue weighted by Gasteiger charge is 2.41. The van der Waals surface area contributed by atoms with Crippen molar-refractivity contribution in [2.24, 2.45) is 11.7 Å². The molecule has 2 aliphatic rings. The van der Waals surface area contributed by atoms with Gasteiger partial charge in [-0.15, -0.1) is 0 Å². The van der Waals surface area contributed by atoms with Gasteiger partial charge < -0.3 is 20.7 Å². The molecule has 1 aliphatic heterocycles. The normalized spacial score (nSPS) is 20.5. The molecule has 2 fully saturated rings. The Hall–Kier alpha value is -2.48. The lowest BCUT2D eigenvalue weighted by molar-refractivity contribution is -0.140. The quantitative estimate of drug-likeness (QED) is 0.659. The number of nitrogens with one attached hydrogen (secondary N) is 1. The second-order valence-electron chi connectivity index (χ2n) is 8.14. The Balaban J connectivity index is 1.52. The van der Waals surface area contributed by atoms with Gasteiger partial charge in [-0.05, 0) is 43.2 Å². The number of ether oxygens (including phenoxy) is 1. The van der Waals surface area contributed by atoms with Crippen molar-refractivity contribution in [3.8, 4) is 0 Å². The van der Waals surface area contributed by atoms with Crippen molar-refractivity contribution in [3.63, 3.8) is 0 Å². The van der Waals surface area contributed by atoms with Gasteiger partial charge in [0, 0.05) is 32.0 Å². The minimum atomic E-state index is -0.668. The van der Waals surface area contributed by atoms with Crippen LogP contribution in [-0.2, 0) is 20.7 Å². The highest BCUT2D eigenvalue weighted by molar-refractivity contribution is 5.94. The third-order valence-electron chi connectivity index (χ3n) is 5.92. The molecule has 1 aliphatic carbocycles. The van der Waals surface area contributed by atoms with E-state index in [0.29, 0.717) is 18.0 Å². The number of esters is 1. The van der Waals surface area contributed by atoms with E-state index >= 15 is 0 Å². The van der Waals surface area contributed by atoms with Crippen LogP contribution in [0.2, 0.25) is 0 Å². The van der Waals surface area contributed by atoms with E-state index in [1.807, 2.05) is 11.0 Å². The van der Waals surface area contributed by atoms with Crippen LogP contribution in [0.25, 0.3) is 0 Å². The van der Waals surface area contributed by atoms with E-state index in [0.717, 1.165) is 50.6 Å². The first-order valence-corrected chi connectivity index (χ1v) is 10.3. The van der Waals surface area contributed by atoms with E-state index in [4.69, 9.17) is 5.73 Å². The van der Waals surface area contributed by atoms with Crippen LogP contribution in [0.3, 0.4) is 0 Å². The summed E-state index contributed by atoms with van der Waals surface area (Å²) >= 11 is 0. The Morgan fingerprint density at radius 3 is 2.79 bits per heavy atom. The zero-order chi connectivity index (χ0) is 20.9. The average molecular weight is 402 g/mol. The number of nitrogens with two attached hydrogens (primary N) is 1. The van der Waals surface area contributed by atoms with E-state index in [-0.39, 0.29) is 30.7 Å². The minimum absolute atomic E-state index is 0.0920. The van der Waals surface area contributed by atoms with Crippen molar-refractivity contribution >= 4 is 17.8 Å². The van der Waals surface area contributed by atoms with Gasteiger partial charge in [0.25, 0.3) is 5.91 Å². The first-order chi connectivity index (χ1) is 13.9. The molecule has 29 heavy (non-hydrogen) atoms. The molecular formula is C21H30N4O4. The molecule has 1 saturated carbocycles. The molecule has 2 heterocycles. The highest BCUT2D eigenvalue weighted by Crippen LogP contribution is 2.31. The first-order valence-electron chi connectivity index (χ1n) is 10.3. The number of aromatic nitrogens is 1. The fraction of sp³-hybridized carbons (Fsp3) is 0.619. The lowest BCUT2D eigenvalue weighted by Crippen LogP contribution is -2.52. The van der Waals surface area contributed by atoms with E-state index in [9.17, 15) is 14.4 Å². The van der Waals surface area contributed by atoms with Crippen molar-refractivity contribution in [1.82, 2.24) is 15.2 Å². The number of rotatable bonds is 7. The average Bonchev–Trinajstić information content (AvgIpc) is 3.37. The maximum absolute atomic E-state index is 12.8. The van der Waals surface area contributed by atoms with Crippen LogP contribution >= 0.6 is 0 Å². The maximum atomic E-state index is 12.8. The molecule has 1 aromatic heterocycles. The predicted molar refractivity (Wildman–Crippen MR) is 107 cm³/mol. The van der Waals surface area contributed by atoms with Crippen LogP contribution in [0.4, 0.5) is 0 Å². The number of hydrogen-bond donors (Lipinski definition) is 2. The maximum Gasteiger partial charge on any atom is 0.307 e. The summed E-state index contributed by atoms with van der Waals surface area (Å²) in [6.07, 6.45) is 8.71. The number of hydrogen-bond acceptors (Lipinski definition) is 6. The topological polar surface area (TPSA) is 115 Å². The zero-order valence-corrected chi connectivity index (χ0v) is 17.0. The Labute approximate surface area is 171 Å². The van der Waals surface area contributed by atoms with Gasteiger partial charge in [-0.25, -0.2) is 0 Å². The molecule has 0 spiro atoms. The molecule has 3 rings (SSSR count). The molecule has 2 amide bonds. The molecule has 1 atom stereocenters. The van der Waals surface area contributed by atoms with E-state index < -0.39 is 5.54 Å². The van der Waals surface area contributed by atoms with Crippen molar-refractivity contribution in [2.45, 2.75) is 50.5 Å². The zero-order valence-electron chi connectivity index (χ0n) is 17.0. The van der Waals surface area contributed by atoms with Gasteiger partial charge in [-0.3, -0.25) is 19.4 Å². The number of pyridine rings is 1. The second-order valence-corrected chi connectivity index (χ2v) is 8.14. The van der Waals surface area contributed by atoms with Crippen molar-refractivity contribution in [2.75, 3.05) is 26.7 Å². The third-order valence-corrected chi connectivity index (χ3v) is 5.92. The third kappa shape index (κ3) is 5.32. The molecule has 1 aromatic rings. The Kier molecular flexibility index (Phi) is 6.84. The molecule has 3 N–H and O–H groups in total. The smallest absolute Gasteiger partial charge is 0.307 e. The van der Waals surface area contributed by atoms with E-state index in [1.165, 1.54) is 13.3 Å². The lowest BCUT2D eigenvalue weighted by atomic mass is 9.97. The summed E-state index contributed by atoms with van der Waals surface area (Å²) in [6, 6.07) is 1.83. The monoisotopic (exact) mass is 402 g/mol. The number of methoxy groups -OCH3 is 1. The molecule has 0 aromatic carbocycles. The summed E-state index contributed by atoms with van der Waals surface area (Å²) in [7, 11) is 1.32. The molecule has 158 valence electrons. The second kappa shape index (κ2) is 9.35. The Morgan fingerprint density at radius 1 is 1.31 bits per heavy atom. The summed E-state index contributed by atoms with van der Waals surface area (Å²) in [6.45, 7) is 1.66. The molecule has 8 nitrogen and oxygen atoms in total. The predicted octanol–water partition coefficient (Wildman–Crippen LogP) is 1.04. The Morgan fingerprint density at radius 2 is 2.07 bits per heavy atom. The van der Waals surface area contributed by atoms with Crippen LogP contribution in [0.5, 0.6) is 0 Å². The Bertz CT molecular complexity index is 761. The van der Waals surface area contributed by atoms with Gasteiger partial charge in [0.2, 0.25) is 5.91 Å². The van der Waals surface area contributed by atoms with Gasteiger partial charge in [-0.1, -0.05) is 12.8 Å². The minimum Gasteiger partial charge on any atom is -0.469 e. The van der Waals surface area contributed by atoms with Crippen molar-refractivity contribution in [3.05, 3.63) is 29.6 Å².